The molecule has 3 aromatic carbocycles. The SMILES string of the molecule is COc1ccc([C@H]2/C(=C(/O)c3ccccc3)C(=O)C(=O)N2c2ccc(C(C)=O)cc2)cc1. The third-order valence-electron chi connectivity index (χ3n) is 5.48. The first kappa shape index (κ1) is 21.1. The molecule has 160 valence electrons. The average Bonchev–Trinajstić information content (AvgIpc) is 3.09. The lowest BCUT2D eigenvalue weighted by Crippen LogP contribution is -2.29. The Balaban J connectivity index is 1.90. The van der Waals surface area contributed by atoms with E-state index in [0.29, 0.717) is 28.1 Å². The number of ether oxygens (including phenoxy) is 1. The molecule has 1 heterocycles. The average molecular weight is 427 g/mol. The Morgan fingerprint density at radius 3 is 2.06 bits per heavy atom. The number of hydrogen-bond acceptors (Lipinski definition) is 5. The summed E-state index contributed by atoms with van der Waals surface area (Å²) in [5.41, 5.74) is 2.02. The van der Waals surface area contributed by atoms with E-state index in [4.69, 9.17) is 4.74 Å². The molecule has 4 rings (SSSR count). The molecule has 1 N–H and O–H groups in total. The third-order valence-corrected chi connectivity index (χ3v) is 5.48. The monoisotopic (exact) mass is 427 g/mol. The second-order valence-corrected chi connectivity index (χ2v) is 7.41. The van der Waals surface area contributed by atoms with Crippen LogP contribution in [0, 0.1) is 0 Å². The van der Waals surface area contributed by atoms with E-state index in [1.54, 1.807) is 86.0 Å². The summed E-state index contributed by atoms with van der Waals surface area (Å²) in [6, 6.07) is 21.2. The second-order valence-electron chi connectivity index (χ2n) is 7.41. The van der Waals surface area contributed by atoms with Gasteiger partial charge in [0.2, 0.25) is 0 Å². The van der Waals surface area contributed by atoms with Gasteiger partial charge in [0, 0.05) is 16.8 Å². The highest BCUT2D eigenvalue weighted by Crippen LogP contribution is 2.42. The Morgan fingerprint density at radius 2 is 1.50 bits per heavy atom. The zero-order chi connectivity index (χ0) is 22.8. The molecule has 1 amide bonds. The molecule has 6 nitrogen and oxygen atoms in total. The number of anilines is 1. The summed E-state index contributed by atoms with van der Waals surface area (Å²) in [6.45, 7) is 1.46. The first-order valence-corrected chi connectivity index (χ1v) is 10.0. The molecule has 1 fully saturated rings. The normalized spacial score (nSPS) is 17.4. The lowest BCUT2D eigenvalue weighted by molar-refractivity contribution is -0.132. The largest absolute Gasteiger partial charge is 0.507 e. The van der Waals surface area contributed by atoms with Crippen LogP contribution in [0.25, 0.3) is 5.76 Å². The van der Waals surface area contributed by atoms with Crippen LogP contribution in [-0.2, 0) is 9.59 Å². The highest BCUT2D eigenvalue weighted by Gasteiger charge is 2.46. The Kier molecular flexibility index (Phi) is 5.60. The number of rotatable bonds is 5. The number of amides is 1. The van der Waals surface area contributed by atoms with Crippen LogP contribution in [0.2, 0.25) is 0 Å². The maximum atomic E-state index is 13.1. The predicted octanol–water partition coefficient (Wildman–Crippen LogP) is 4.52. The summed E-state index contributed by atoms with van der Waals surface area (Å²) in [5.74, 6) is -1.25. The van der Waals surface area contributed by atoms with Crippen LogP contribution in [-0.4, -0.2) is 29.7 Å². The smallest absolute Gasteiger partial charge is 0.300 e. The zero-order valence-corrected chi connectivity index (χ0v) is 17.6. The molecule has 3 aromatic rings. The highest BCUT2D eigenvalue weighted by molar-refractivity contribution is 6.51. The van der Waals surface area contributed by atoms with Gasteiger partial charge in [-0.25, -0.2) is 0 Å². The second kappa shape index (κ2) is 8.51. The number of ketones is 2. The van der Waals surface area contributed by atoms with Crippen LogP contribution < -0.4 is 9.64 Å². The van der Waals surface area contributed by atoms with Crippen molar-refractivity contribution in [1.29, 1.82) is 0 Å². The van der Waals surface area contributed by atoms with Gasteiger partial charge in [-0.2, -0.15) is 0 Å². The molecule has 0 aliphatic carbocycles. The lowest BCUT2D eigenvalue weighted by atomic mass is 9.95. The van der Waals surface area contributed by atoms with E-state index in [9.17, 15) is 19.5 Å². The van der Waals surface area contributed by atoms with Crippen LogP contribution in [0.1, 0.15) is 34.5 Å². The number of hydrogen-bond donors (Lipinski definition) is 1. The summed E-state index contributed by atoms with van der Waals surface area (Å²) in [7, 11) is 1.55. The Hall–Kier alpha value is -4.19. The minimum absolute atomic E-state index is 0.00186. The molecule has 0 saturated carbocycles. The molecule has 1 aliphatic rings. The van der Waals surface area contributed by atoms with Crippen molar-refractivity contribution in [3.63, 3.8) is 0 Å². The Bertz CT molecular complexity index is 1210. The molecule has 0 aromatic heterocycles. The number of aliphatic hydroxyl groups is 1. The number of nitrogens with zero attached hydrogens (tertiary/aromatic N) is 1. The van der Waals surface area contributed by atoms with Gasteiger partial charge in [0.1, 0.15) is 11.5 Å². The van der Waals surface area contributed by atoms with Gasteiger partial charge in [-0.3, -0.25) is 19.3 Å². The first-order chi connectivity index (χ1) is 15.4. The quantitative estimate of drug-likeness (QED) is 0.280. The number of benzene rings is 3. The first-order valence-electron chi connectivity index (χ1n) is 10.0. The molecule has 0 spiro atoms. The Labute approximate surface area is 185 Å². The van der Waals surface area contributed by atoms with Crippen molar-refractivity contribution < 1.29 is 24.2 Å². The fraction of sp³-hybridized carbons (Fsp3) is 0.115. The fourth-order valence-electron chi connectivity index (χ4n) is 3.81. The van der Waals surface area contributed by atoms with Crippen molar-refractivity contribution in [3.05, 3.63) is 101 Å². The minimum Gasteiger partial charge on any atom is -0.507 e. The molecule has 1 atom stereocenters. The molecular weight excluding hydrogens is 406 g/mol. The van der Waals surface area contributed by atoms with Gasteiger partial charge < -0.3 is 9.84 Å². The molecular formula is C26H21NO5. The molecule has 6 heteroatoms. The molecule has 0 unspecified atom stereocenters. The van der Waals surface area contributed by atoms with Crippen LogP contribution in [0.15, 0.2) is 84.4 Å². The zero-order valence-electron chi connectivity index (χ0n) is 17.6. The van der Waals surface area contributed by atoms with Crippen LogP contribution in [0.4, 0.5) is 5.69 Å². The number of carbonyl (C=O) groups is 3. The van der Waals surface area contributed by atoms with E-state index in [2.05, 4.69) is 0 Å². The van der Waals surface area contributed by atoms with Crippen molar-refractivity contribution in [3.8, 4) is 5.75 Å². The number of carbonyl (C=O) groups excluding carboxylic acids is 3. The van der Waals surface area contributed by atoms with Crippen molar-refractivity contribution >= 4 is 28.9 Å². The third kappa shape index (κ3) is 3.67. The van der Waals surface area contributed by atoms with Gasteiger partial charge in [0.15, 0.2) is 5.78 Å². The van der Waals surface area contributed by atoms with E-state index in [1.807, 2.05) is 0 Å². The van der Waals surface area contributed by atoms with E-state index in [1.165, 1.54) is 11.8 Å². The van der Waals surface area contributed by atoms with Gasteiger partial charge in [-0.1, -0.05) is 42.5 Å². The summed E-state index contributed by atoms with van der Waals surface area (Å²) in [4.78, 5) is 39.2. The van der Waals surface area contributed by atoms with Gasteiger partial charge in [0.05, 0.1) is 18.7 Å². The standard InChI is InChI=1S/C26H21NO5/c1-16(28)17-8-12-20(13-9-17)27-23(18-10-14-21(32-2)15-11-18)22(25(30)26(27)31)24(29)19-6-4-3-5-7-19/h3-15,23,29H,1-2H3/b24-22-/t23-/m0/s1. The molecule has 0 bridgehead atoms. The summed E-state index contributed by atoms with van der Waals surface area (Å²) >= 11 is 0. The van der Waals surface area contributed by atoms with E-state index in [-0.39, 0.29) is 17.1 Å². The predicted molar refractivity (Wildman–Crippen MR) is 121 cm³/mol. The summed E-state index contributed by atoms with van der Waals surface area (Å²) in [5, 5.41) is 11.0. The van der Waals surface area contributed by atoms with Crippen molar-refractivity contribution in [2.45, 2.75) is 13.0 Å². The maximum Gasteiger partial charge on any atom is 0.300 e. The van der Waals surface area contributed by atoms with Gasteiger partial charge in [-0.15, -0.1) is 0 Å². The minimum atomic E-state index is -0.843. The van der Waals surface area contributed by atoms with Crippen molar-refractivity contribution in [1.82, 2.24) is 0 Å². The topological polar surface area (TPSA) is 83.9 Å². The van der Waals surface area contributed by atoms with Crippen LogP contribution in [0.5, 0.6) is 5.75 Å². The van der Waals surface area contributed by atoms with Crippen LogP contribution in [0.3, 0.4) is 0 Å². The fourth-order valence-corrected chi connectivity index (χ4v) is 3.81. The molecule has 1 aliphatic heterocycles. The van der Waals surface area contributed by atoms with Gasteiger partial charge >= 0.3 is 0 Å². The number of methoxy groups -OCH3 is 1. The Morgan fingerprint density at radius 1 is 0.875 bits per heavy atom. The molecule has 32 heavy (non-hydrogen) atoms. The van der Waals surface area contributed by atoms with Crippen molar-refractivity contribution in [2.75, 3.05) is 12.0 Å². The van der Waals surface area contributed by atoms with Crippen LogP contribution >= 0.6 is 0 Å². The molecule has 0 radical (unpaired) electrons. The maximum absolute atomic E-state index is 13.1. The van der Waals surface area contributed by atoms with E-state index >= 15 is 0 Å². The van der Waals surface area contributed by atoms with Gasteiger partial charge in [0.25, 0.3) is 11.7 Å². The van der Waals surface area contributed by atoms with Crippen molar-refractivity contribution in [2.24, 2.45) is 0 Å². The van der Waals surface area contributed by atoms with Gasteiger partial charge in [-0.05, 0) is 48.9 Å². The number of aliphatic hydroxyl groups excluding tert-OH is 1. The molecule has 1 saturated heterocycles. The summed E-state index contributed by atoms with van der Waals surface area (Å²) in [6.07, 6.45) is 0. The van der Waals surface area contributed by atoms with E-state index in [0.717, 1.165) is 0 Å². The lowest BCUT2D eigenvalue weighted by Gasteiger charge is -2.25. The highest BCUT2D eigenvalue weighted by atomic mass is 16.5. The number of Topliss-reactive ketones (excluding diaryl/α,β-unsaturated/α-hetero) is 2. The summed E-state index contributed by atoms with van der Waals surface area (Å²) < 4.78 is 5.22. The van der Waals surface area contributed by atoms with E-state index < -0.39 is 17.7 Å².